The first-order chi connectivity index (χ1) is 20.6. The summed E-state index contributed by atoms with van der Waals surface area (Å²) in [5.74, 6) is 0.0137. The Kier molecular flexibility index (Phi) is 15.9. The van der Waals surface area contributed by atoms with Crippen LogP contribution in [0.2, 0.25) is 0 Å². The fraction of sp³-hybridized carbons (Fsp3) is 0.852. The highest BCUT2D eigenvalue weighted by Crippen LogP contribution is 2.28. The van der Waals surface area contributed by atoms with E-state index in [2.05, 4.69) is 46.5 Å². The predicted molar refractivity (Wildman–Crippen MR) is 165 cm³/mol. The molecular formula is C27H49N4O11S2. The van der Waals surface area contributed by atoms with Crippen molar-refractivity contribution in [1.29, 1.82) is 0 Å². The van der Waals surface area contributed by atoms with Crippen LogP contribution >= 0.6 is 25.3 Å². The van der Waals surface area contributed by atoms with Gasteiger partial charge in [-0.1, -0.05) is 0 Å². The van der Waals surface area contributed by atoms with Crippen molar-refractivity contribution < 1.29 is 54.5 Å². The number of urea groups is 1. The molecule has 0 bridgehead atoms. The first-order valence-corrected chi connectivity index (χ1v) is 15.6. The second kappa shape index (κ2) is 18.1. The third-order valence-corrected chi connectivity index (χ3v) is 8.62. The standard InChI is InChI=1S/C27H49N4O11S2/c1-27(2,3)31-26(40)30-10-13(4-6-28-18(34)8-14-24(43)22(38)20(36)16(11-32)41-14)5-7-29-19(35)9-15-25(44)23(39)21(37)17(12-33)42-15/h14-17,20-25,32-33,36-39,43-44H,4-12H2,1-3H3,(H,28,34)(H,29,35)(H2,30,31,40)/t14-,15-,16+,17+,20-,21-,22-,23-,24-,25-/m0/s1. The zero-order chi connectivity index (χ0) is 33.2. The Balaban J connectivity index is 1.88. The summed E-state index contributed by atoms with van der Waals surface area (Å²) in [4.78, 5) is 37.5. The minimum absolute atomic E-state index is 0.162. The molecule has 0 aromatic heterocycles. The number of carbonyl (C=O) groups is 3. The highest BCUT2D eigenvalue weighted by molar-refractivity contribution is 7.81. The second-order valence-corrected chi connectivity index (χ2v) is 13.3. The first kappa shape index (κ1) is 38.8. The van der Waals surface area contributed by atoms with Crippen LogP contribution in [0.25, 0.3) is 0 Å². The molecule has 2 fully saturated rings. The third kappa shape index (κ3) is 12.1. The average Bonchev–Trinajstić information content (AvgIpc) is 2.95. The minimum atomic E-state index is -1.33. The number of rotatable bonds is 14. The largest absolute Gasteiger partial charge is 0.394 e. The molecule has 0 spiro atoms. The van der Waals surface area contributed by atoms with E-state index in [0.717, 1.165) is 5.92 Å². The molecule has 2 saturated heterocycles. The highest BCUT2D eigenvalue weighted by Gasteiger charge is 2.44. The van der Waals surface area contributed by atoms with E-state index >= 15 is 0 Å². The Morgan fingerprint density at radius 1 is 0.682 bits per heavy atom. The Bertz CT molecular complexity index is 871. The lowest BCUT2D eigenvalue weighted by atomic mass is 9.95. The summed E-state index contributed by atoms with van der Waals surface area (Å²) in [5, 5.41) is 68.4. The van der Waals surface area contributed by atoms with E-state index < -0.39 is 89.9 Å². The van der Waals surface area contributed by atoms with Crippen molar-refractivity contribution >= 4 is 43.1 Å². The quantitative estimate of drug-likeness (QED) is 0.0833. The third-order valence-electron chi connectivity index (χ3n) is 7.34. The molecule has 4 amide bonds. The molecule has 2 aliphatic rings. The van der Waals surface area contributed by atoms with Gasteiger partial charge in [-0.2, -0.15) is 25.3 Å². The molecule has 0 aromatic carbocycles. The molecule has 0 saturated carbocycles. The van der Waals surface area contributed by atoms with E-state index in [0.29, 0.717) is 12.8 Å². The van der Waals surface area contributed by atoms with Gasteiger partial charge in [-0.25, -0.2) is 4.79 Å². The molecule has 0 aromatic rings. The van der Waals surface area contributed by atoms with E-state index in [1.54, 1.807) is 0 Å². The minimum Gasteiger partial charge on any atom is -0.394 e. The lowest BCUT2D eigenvalue weighted by Gasteiger charge is -2.40. The highest BCUT2D eigenvalue weighted by atomic mass is 32.1. The van der Waals surface area contributed by atoms with Crippen LogP contribution in [0.4, 0.5) is 4.79 Å². The lowest BCUT2D eigenvalue weighted by molar-refractivity contribution is -0.178. The van der Waals surface area contributed by atoms with Gasteiger partial charge < -0.3 is 61.4 Å². The first-order valence-electron chi connectivity index (χ1n) is 14.6. The molecule has 15 nitrogen and oxygen atoms in total. The molecule has 2 heterocycles. The molecule has 44 heavy (non-hydrogen) atoms. The predicted octanol–water partition coefficient (Wildman–Crippen LogP) is -2.99. The maximum Gasteiger partial charge on any atom is 0.315 e. The van der Waals surface area contributed by atoms with E-state index in [4.69, 9.17) is 9.47 Å². The van der Waals surface area contributed by atoms with Gasteiger partial charge in [0.05, 0.1) is 61.0 Å². The molecule has 255 valence electrons. The normalized spacial score (nSPS) is 32.6. The number of aliphatic hydroxyl groups excluding tert-OH is 6. The summed E-state index contributed by atoms with van der Waals surface area (Å²) in [6, 6.07) is -0.384. The van der Waals surface area contributed by atoms with Gasteiger partial charge in [0.25, 0.3) is 0 Å². The number of amides is 4. The Labute approximate surface area is 268 Å². The van der Waals surface area contributed by atoms with Crippen LogP contribution in [0.3, 0.4) is 0 Å². The van der Waals surface area contributed by atoms with Crippen molar-refractivity contribution in [3.05, 3.63) is 5.92 Å². The summed E-state index contributed by atoms with van der Waals surface area (Å²) in [5.41, 5.74) is -0.457. The molecule has 10 atom stereocenters. The van der Waals surface area contributed by atoms with Gasteiger partial charge in [0.2, 0.25) is 11.8 Å². The fourth-order valence-electron chi connectivity index (χ4n) is 4.85. The van der Waals surface area contributed by atoms with Gasteiger partial charge in [-0.15, -0.1) is 0 Å². The van der Waals surface area contributed by atoms with Gasteiger partial charge in [-0.05, 0) is 39.5 Å². The van der Waals surface area contributed by atoms with Crippen molar-refractivity contribution in [2.75, 3.05) is 32.8 Å². The molecule has 0 unspecified atom stereocenters. The number of hydrogen-bond acceptors (Lipinski definition) is 13. The topological polar surface area (TPSA) is 239 Å². The zero-order valence-electron chi connectivity index (χ0n) is 25.3. The van der Waals surface area contributed by atoms with Crippen LogP contribution in [0.15, 0.2) is 0 Å². The van der Waals surface area contributed by atoms with Gasteiger partial charge >= 0.3 is 6.03 Å². The monoisotopic (exact) mass is 669 g/mol. The van der Waals surface area contributed by atoms with Gasteiger partial charge in [0.15, 0.2) is 0 Å². The van der Waals surface area contributed by atoms with Gasteiger partial charge in [-0.3, -0.25) is 9.59 Å². The second-order valence-electron chi connectivity index (χ2n) is 12.2. The summed E-state index contributed by atoms with van der Waals surface area (Å²) in [7, 11) is 0. The number of carbonyl (C=O) groups excluding carboxylic acids is 3. The zero-order valence-corrected chi connectivity index (χ0v) is 27.0. The van der Waals surface area contributed by atoms with Crippen LogP contribution in [0.1, 0.15) is 46.5 Å². The Morgan fingerprint density at radius 2 is 1.09 bits per heavy atom. The van der Waals surface area contributed by atoms with Crippen molar-refractivity contribution in [3.8, 4) is 0 Å². The van der Waals surface area contributed by atoms with E-state index in [-0.39, 0.29) is 38.5 Å². The maximum atomic E-state index is 12.6. The lowest BCUT2D eigenvalue weighted by Crippen LogP contribution is -2.57. The van der Waals surface area contributed by atoms with E-state index in [1.807, 2.05) is 20.8 Å². The van der Waals surface area contributed by atoms with Gasteiger partial charge in [0.1, 0.15) is 24.4 Å². The maximum absolute atomic E-state index is 12.6. The Hall–Kier alpha value is -1.41. The number of thiol groups is 2. The summed E-state index contributed by atoms with van der Waals surface area (Å²) >= 11 is 8.51. The molecule has 17 heteroatoms. The van der Waals surface area contributed by atoms with Crippen LogP contribution in [0.5, 0.6) is 0 Å². The van der Waals surface area contributed by atoms with Crippen LogP contribution in [-0.4, -0.2) is 146 Å². The number of aliphatic hydroxyl groups is 6. The molecular weight excluding hydrogens is 620 g/mol. The summed E-state index contributed by atoms with van der Waals surface area (Å²) in [6.45, 7) is 5.02. The number of hydrogen-bond donors (Lipinski definition) is 12. The number of ether oxygens (including phenoxy) is 2. The average molecular weight is 670 g/mol. The smallest absolute Gasteiger partial charge is 0.315 e. The van der Waals surface area contributed by atoms with E-state index in [1.165, 1.54) is 0 Å². The molecule has 1 radical (unpaired) electrons. The molecule has 10 N–H and O–H groups in total. The van der Waals surface area contributed by atoms with Crippen LogP contribution in [-0.2, 0) is 19.1 Å². The number of nitrogens with one attached hydrogen (secondary N) is 4. The van der Waals surface area contributed by atoms with Crippen molar-refractivity contribution in [2.45, 2.75) is 111 Å². The van der Waals surface area contributed by atoms with Crippen molar-refractivity contribution in [1.82, 2.24) is 21.3 Å². The molecule has 2 rings (SSSR count). The van der Waals surface area contributed by atoms with Crippen LogP contribution < -0.4 is 21.3 Å². The van der Waals surface area contributed by atoms with Gasteiger partial charge in [0, 0.05) is 25.2 Å². The fourth-order valence-corrected chi connectivity index (χ4v) is 5.56. The summed E-state index contributed by atoms with van der Waals surface area (Å²) in [6.07, 6.45) is -8.56. The van der Waals surface area contributed by atoms with Crippen molar-refractivity contribution in [2.24, 2.45) is 0 Å². The molecule has 2 aliphatic heterocycles. The summed E-state index contributed by atoms with van der Waals surface area (Å²) < 4.78 is 11.1. The van der Waals surface area contributed by atoms with Crippen LogP contribution in [0, 0.1) is 5.92 Å². The van der Waals surface area contributed by atoms with Crippen molar-refractivity contribution in [3.63, 3.8) is 0 Å². The Morgan fingerprint density at radius 3 is 1.45 bits per heavy atom. The van der Waals surface area contributed by atoms with E-state index in [9.17, 15) is 45.0 Å². The SMILES string of the molecule is CC(C)(C)NC(=O)NC[C](CCNC(=O)C[C@@H]1O[C@H](CO)[C@H](O)[C@H](O)[C@H]1S)CCNC(=O)C[C@@H]1O[C@H](CO)[C@H](O)[C@H](O)[C@H]1S. The molecule has 0 aliphatic carbocycles.